The molecule has 100 valence electrons. The smallest absolute Gasteiger partial charge is 0.162 e. The molecule has 4 nitrogen and oxygen atoms in total. The highest BCUT2D eigenvalue weighted by Crippen LogP contribution is 2.28. The number of phenols is 2. The minimum atomic E-state index is -0.0611. The van der Waals surface area contributed by atoms with Gasteiger partial charge in [-0.15, -0.1) is 0 Å². The molecule has 0 bridgehead atoms. The van der Waals surface area contributed by atoms with Crippen LogP contribution in [0.15, 0.2) is 18.2 Å². The van der Waals surface area contributed by atoms with Crippen molar-refractivity contribution in [1.29, 1.82) is 0 Å². The quantitative estimate of drug-likeness (QED) is 0.721. The molecule has 1 fully saturated rings. The fourth-order valence-corrected chi connectivity index (χ4v) is 2.63. The Balaban J connectivity index is 2.00. The van der Waals surface area contributed by atoms with Crippen LogP contribution >= 0.6 is 0 Å². The van der Waals surface area contributed by atoms with E-state index in [9.17, 15) is 10.2 Å². The predicted octanol–water partition coefficient (Wildman–Crippen LogP) is 2.37. The Morgan fingerprint density at radius 3 is 2.56 bits per heavy atom. The van der Waals surface area contributed by atoms with Gasteiger partial charge in [0.15, 0.2) is 11.5 Å². The van der Waals surface area contributed by atoms with Gasteiger partial charge in [-0.2, -0.15) is 0 Å². The zero-order valence-corrected chi connectivity index (χ0v) is 11.1. The van der Waals surface area contributed by atoms with Crippen molar-refractivity contribution in [3.8, 4) is 11.5 Å². The van der Waals surface area contributed by atoms with E-state index in [-0.39, 0.29) is 11.5 Å². The molecule has 0 saturated carbocycles. The Hall–Kier alpha value is -1.26. The maximum atomic E-state index is 9.75. The number of hydrogen-bond acceptors (Lipinski definition) is 4. The minimum Gasteiger partial charge on any atom is -0.504 e. The summed E-state index contributed by atoms with van der Waals surface area (Å²) >= 11 is 0. The number of phenolic OH excluding ortho intramolecular Hbond substituents is 2. The molecule has 2 rings (SSSR count). The van der Waals surface area contributed by atoms with E-state index in [1.165, 1.54) is 25.3 Å². The second kappa shape index (κ2) is 5.59. The van der Waals surface area contributed by atoms with E-state index >= 15 is 0 Å². The average molecular weight is 250 g/mol. The number of nitrogens with one attached hydrogen (secondary N) is 1. The summed E-state index contributed by atoms with van der Waals surface area (Å²) in [5.41, 5.74) is 4.09. The van der Waals surface area contributed by atoms with Gasteiger partial charge >= 0.3 is 0 Å². The van der Waals surface area contributed by atoms with Crippen LogP contribution in [-0.4, -0.2) is 27.3 Å². The first-order valence-corrected chi connectivity index (χ1v) is 6.61. The zero-order chi connectivity index (χ0) is 13.1. The molecule has 0 aliphatic carbocycles. The lowest BCUT2D eigenvalue weighted by Crippen LogP contribution is -2.51. The minimum absolute atomic E-state index is 0.0256. The maximum Gasteiger partial charge on any atom is 0.162 e. The largest absolute Gasteiger partial charge is 0.504 e. The standard InChI is InChI=1S/C14H22N2O2/c1-10-5-3-6-11(2)16(10)15-9-12-7-4-8-13(17)14(12)18/h4,7-8,10-11,15,17-18H,3,5-6,9H2,1-2H3. The lowest BCUT2D eigenvalue weighted by molar-refractivity contribution is 0.0433. The molecule has 0 radical (unpaired) electrons. The summed E-state index contributed by atoms with van der Waals surface area (Å²) in [6.07, 6.45) is 3.67. The predicted molar refractivity (Wildman–Crippen MR) is 71.2 cm³/mol. The first-order chi connectivity index (χ1) is 8.59. The van der Waals surface area contributed by atoms with Gasteiger partial charge in [-0.05, 0) is 32.8 Å². The third-order valence-corrected chi connectivity index (χ3v) is 3.74. The van der Waals surface area contributed by atoms with Crippen LogP contribution in [0.2, 0.25) is 0 Å². The van der Waals surface area contributed by atoms with Crippen LogP contribution in [0, 0.1) is 0 Å². The molecule has 1 aromatic rings. The number of aromatic hydroxyl groups is 2. The van der Waals surface area contributed by atoms with Gasteiger partial charge in [0.1, 0.15) is 0 Å². The molecule has 1 aliphatic heterocycles. The number of hydrazine groups is 1. The third-order valence-electron chi connectivity index (χ3n) is 3.74. The fraction of sp³-hybridized carbons (Fsp3) is 0.571. The van der Waals surface area contributed by atoms with Crippen molar-refractivity contribution < 1.29 is 10.2 Å². The third kappa shape index (κ3) is 2.76. The molecule has 0 aromatic heterocycles. The van der Waals surface area contributed by atoms with Crippen LogP contribution < -0.4 is 5.43 Å². The van der Waals surface area contributed by atoms with Crippen LogP contribution in [0.5, 0.6) is 11.5 Å². The van der Waals surface area contributed by atoms with Gasteiger partial charge in [0, 0.05) is 24.2 Å². The SMILES string of the molecule is CC1CCCC(C)N1NCc1cccc(O)c1O. The Morgan fingerprint density at radius 2 is 1.89 bits per heavy atom. The first-order valence-electron chi connectivity index (χ1n) is 6.61. The summed E-state index contributed by atoms with van der Waals surface area (Å²) in [6.45, 7) is 4.96. The number of benzene rings is 1. The Kier molecular flexibility index (Phi) is 4.09. The van der Waals surface area contributed by atoms with E-state index in [2.05, 4.69) is 24.3 Å². The molecule has 0 spiro atoms. The highest BCUT2D eigenvalue weighted by atomic mass is 16.3. The van der Waals surface area contributed by atoms with Crippen LogP contribution in [0.25, 0.3) is 0 Å². The van der Waals surface area contributed by atoms with Crippen molar-refractivity contribution in [3.05, 3.63) is 23.8 Å². The molecule has 4 heteroatoms. The van der Waals surface area contributed by atoms with Gasteiger partial charge in [0.2, 0.25) is 0 Å². The molecule has 3 N–H and O–H groups in total. The highest BCUT2D eigenvalue weighted by Gasteiger charge is 2.24. The monoisotopic (exact) mass is 250 g/mol. The average Bonchev–Trinajstić information content (AvgIpc) is 2.33. The summed E-state index contributed by atoms with van der Waals surface area (Å²) in [7, 11) is 0. The number of rotatable bonds is 3. The van der Waals surface area contributed by atoms with Crippen molar-refractivity contribution in [2.75, 3.05) is 0 Å². The fourth-order valence-electron chi connectivity index (χ4n) is 2.63. The topological polar surface area (TPSA) is 55.7 Å². The van der Waals surface area contributed by atoms with Crippen molar-refractivity contribution in [1.82, 2.24) is 10.4 Å². The van der Waals surface area contributed by atoms with Crippen molar-refractivity contribution in [2.24, 2.45) is 0 Å². The Bertz CT molecular complexity index is 399. The Morgan fingerprint density at radius 1 is 1.22 bits per heavy atom. The summed E-state index contributed by atoms with van der Waals surface area (Å²) in [5, 5.41) is 21.5. The molecule has 1 heterocycles. The highest BCUT2D eigenvalue weighted by molar-refractivity contribution is 5.44. The second-order valence-corrected chi connectivity index (χ2v) is 5.16. The van der Waals surface area contributed by atoms with Crippen LogP contribution in [0.1, 0.15) is 38.7 Å². The van der Waals surface area contributed by atoms with Crippen LogP contribution in [0.4, 0.5) is 0 Å². The second-order valence-electron chi connectivity index (χ2n) is 5.16. The van der Waals surface area contributed by atoms with Gasteiger partial charge in [-0.3, -0.25) is 5.43 Å². The van der Waals surface area contributed by atoms with Gasteiger partial charge in [0.25, 0.3) is 0 Å². The molecule has 1 aliphatic rings. The van der Waals surface area contributed by atoms with E-state index < -0.39 is 0 Å². The molecule has 18 heavy (non-hydrogen) atoms. The molecule has 1 aromatic carbocycles. The van der Waals surface area contributed by atoms with E-state index in [0.717, 1.165) is 5.56 Å². The zero-order valence-electron chi connectivity index (χ0n) is 11.1. The maximum absolute atomic E-state index is 9.75. The van der Waals surface area contributed by atoms with E-state index in [1.807, 2.05) is 6.07 Å². The lowest BCUT2D eigenvalue weighted by atomic mass is 10.00. The number of para-hydroxylation sites is 1. The summed E-state index contributed by atoms with van der Waals surface area (Å²) in [6, 6.07) is 6.07. The molecule has 1 saturated heterocycles. The Labute approximate surface area is 108 Å². The van der Waals surface area contributed by atoms with Gasteiger partial charge < -0.3 is 10.2 Å². The summed E-state index contributed by atoms with van der Waals surface area (Å²) in [4.78, 5) is 0. The number of hydrogen-bond donors (Lipinski definition) is 3. The normalized spacial score (nSPS) is 25.2. The van der Waals surface area contributed by atoms with E-state index in [0.29, 0.717) is 18.6 Å². The molecular formula is C14H22N2O2. The van der Waals surface area contributed by atoms with Gasteiger partial charge in [-0.25, -0.2) is 5.01 Å². The van der Waals surface area contributed by atoms with Gasteiger partial charge in [-0.1, -0.05) is 18.6 Å². The summed E-state index contributed by atoms with van der Waals surface area (Å²) in [5.74, 6) is -0.0867. The van der Waals surface area contributed by atoms with Gasteiger partial charge in [0.05, 0.1) is 0 Å². The van der Waals surface area contributed by atoms with Crippen LogP contribution in [0.3, 0.4) is 0 Å². The molecule has 2 unspecified atom stereocenters. The number of nitrogens with zero attached hydrogens (tertiary/aromatic N) is 1. The molecule has 2 atom stereocenters. The van der Waals surface area contributed by atoms with Crippen molar-refractivity contribution in [3.63, 3.8) is 0 Å². The van der Waals surface area contributed by atoms with E-state index in [4.69, 9.17) is 0 Å². The number of piperidine rings is 1. The van der Waals surface area contributed by atoms with Crippen molar-refractivity contribution >= 4 is 0 Å². The van der Waals surface area contributed by atoms with Crippen LogP contribution in [-0.2, 0) is 6.54 Å². The molecule has 0 amide bonds. The van der Waals surface area contributed by atoms with E-state index in [1.54, 1.807) is 6.07 Å². The lowest BCUT2D eigenvalue weighted by Gasteiger charge is -2.39. The van der Waals surface area contributed by atoms with Crippen molar-refractivity contribution in [2.45, 2.75) is 51.7 Å². The summed E-state index contributed by atoms with van der Waals surface area (Å²) < 4.78 is 0. The first kappa shape index (κ1) is 13.2. The molecular weight excluding hydrogens is 228 g/mol.